The Morgan fingerprint density at radius 2 is 1.94 bits per heavy atom. The van der Waals surface area contributed by atoms with Crippen molar-refractivity contribution in [2.75, 3.05) is 12.4 Å². The number of carbonyl (C=O) groups is 1. The minimum absolute atomic E-state index is 0.0251. The molecule has 0 aliphatic heterocycles. The van der Waals surface area contributed by atoms with E-state index in [1.807, 2.05) is 32.0 Å². The molecule has 0 radical (unpaired) electrons. The van der Waals surface area contributed by atoms with E-state index in [1.165, 1.54) is 25.3 Å². The number of non-ortho nitro benzene ring substituents is 1. The number of nitrogens with one attached hydrogen (secondary N) is 1. The third-order valence-corrected chi connectivity index (χ3v) is 5.78. The van der Waals surface area contributed by atoms with Crippen molar-refractivity contribution in [1.82, 2.24) is 0 Å². The number of carbonyl (C=O) groups excluding carboxylic acids is 1. The second-order valence-corrected chi connectivity index (χ2v) is 8.54. The highest BCUT2D eigenvalue weighted by Crippen LogP contribution is 2.35. The first kappa shape index (κ1) is 25.5. The van der Waals surface area contributed by atoms with Crippen LogP contribution in [0.5, 0.6) is 11.5 Å². The zero-order chi connectivity index (χ0) is 25.5. The maximum atomic E-state index is 12.7. The van der Waals surface area contributed by atoms with Gasteiger partial charge < -0.3 is 14.8 Å². The molecule has 3 aromatic carbocycles. The number of rotatable bonds is 8. The molecule has 3 rings (SSSR count). The third kappa shape index (κ3) is 6.46. The molecule has 1 amide bonds. The van der Waals surface area contributed by atoms with Crippen LogP contribution in [0.1, 0.15) is 22.3 Å². The number of nitro groups is 1. The Kier molecular flexibility index (Phi) is 8.23. The van der Waals surface area contributed by atoms with Crippen LogP contribution in [0.4, 0.5) is 11.4 Å². The van der Waals surface area contributed by atoms with Gasteiger partial charge in [0.25, 0.3) is 11.6 Å². The number of nitriles is 1. The molecule has 3 aromatic rings. The first-order valence-electron chi connectivity index (χ1n) is 10.5. The molecular formula is C26H22BrN3O5. The highest BCUT2D eigenvalue weighted by atomic mass is 79.9. The minimum Gasteiger partial charge on any atom is -0.493 e. The number of amides is 1. The van der Waals surface area contributed by atoms with Crippen LogP contribution in [-0.4, -0.2) is 17.9 Å². The topological polar surface area (TPSA) is 114 Å². The summed E-state index contributed by atoms with van der Waals surface area (Å²) in [5.74, 6) is 0.231. The van der Waals surface area contributed by atoms with E-state index in [1.54, 1.807) is 30.3 Å². The molecule has 0 saturated heterocycles. The summed E-state index contributed by atoms with van der Waals surface area (Å²) >= 11 is 3.45. The first-order valence-corrected chi connectivity index (χ1v) is 11.2. The summed E-state index contributed by atoms with van der Waals surface area (Å²) in [5, 5.41) is 23.3. The maximum absolute atomic E-state index is 12.7. The number of halogens is 1. The van der Waals surface area contributed by atoms with Gasteiger partial charge in [-0.3, -0.25) is 14.9 Å². The fraction of sp³-hybridized carbons (Fsp3) is 0.154. The zero-order valence-electron chi connectivity index (χ0n) is 19.3. The molecule has 0 heterocycles. The SMILES string of the molecule is COc1cc(/C=C(\C#N)C(=O)Nc2ccc(C)cc2C)c(Br)cc1OCc1cccc([N+](=O)[O-])c1. The van der Waals surface area contributed by atoms with E-state index in [0.717, 1.165) is 11.1 Å². The van der Waals surface area contributed by atoms with Gasteiger partial charge in [0.05, 0.1) is 12.0 Å². The van der Waals surface area contributed by atoms with Gasteiger partial charge in [0.2, 0.25) is 0 Å². The summed E-state index contributed by atoms with van der Waals surface area (Å²) in [7, 11) is 1.47. The number of methoxy groups -OCH3 is 1. The molecular weight excluding hydrogens is 514 g/mol. The summed E-state index contributed by atoms with van der Waals surface area (Å²) in [6.07, 6.45) is 1.45. The predicted octanol–water partition coefficient (Wildman–Crippen LogP) is 6.11. The standard InChI is InChI=1S/C26H22BrN3O5/c1-16-7-8-23(17(2)9-16)29-26(31)20(14-28)11-19-12-24(34-3)25(13-22(19)27)35-15-18-5-4-6-21(10-18)30(32)33/h4-13H,15H2,1-3H3,(H,29,31)/b20-11+. The second-order valence-electron chi connectivity index (χ2n) is 7.68. The third-order valence-electron chi connectivity index (χ3n) is 5.09. The fourth-order valence-electron chi connectivity index (χ4n) is 3.30. The number of benzene rings is 3. The lowest BCUT2D eigenvalue weighted by Crippen LogP contribution is -2.14. The molecule has 0 aliphatic rings. The summed E-state index contributed by atoms with van der Waals surface area (Å²) in [6, 6.07) is 17.0. The van der Waals surface area contributed by atoms with Crippen molar-refractivity contribution in [3.63, 3.8) is 0 Å². The number of nitro benzene ring substituents is 1. The lowest BCUT2D eigenvalue weighted by Gasteiger charge is -2.13. The van der Waals surface area contributed by atoms with Crippen LogP contribution in [-0.2, 0) is 11.4 Å². The minimum atomic E-state index is -0.531. The predicted molar refractivity (Wildman–Crippen MR) is 136 cm³/mol. The highest BCUT2D eigenvalue weighted by Gasteiger charge is 2.15. The Bertz CT molecular complexity index is 1360. The Labute approximate surface area is 211 Å². The van der Waals surface area contributed by atoms with Crippen LogP contribution in [0.2, 0.25) is 0 Å². The second kappa shape index (κ2) is 11.3. The molecule has 0 aliphatic carbocycles. The van der Waals surface area contributed by atoms with Crippen molar-refractivity contribution in [3.8, 4) is 17.6 Å². The van der Waals surface area contributed by atoms with E-state index >= 15 is 0 Å². The van der Waals surface area contributed by atoms with Crippen LogP contribution < -0.4 is 14.8 Å². The number of nitrogens with zero attached hydrogens (tertiary/aromatic N) is 2. The highest BCUT2D eigenvalue weighted by molar-refractivity contribution is 9.10. The molecule has 0 fully saturated rings. The molecule has 9 heteroatoms. The van der Waals surface area contributed by atoms with Gasteiger partial charge in [-0.2, -0.15) is 5.26 Å². The largest absolute Gasteiger partial charge is 0.493 e. The lowest BCUT2D eigenvalue weighted by molar-refractivity contribution is -0.384. The average Bonchev–Trinajstić information content (AvgIpc) is 2.83. The van der Waals surface area contributed by atoms with Crippen molar-refractivity contribution >= 4 is 39.3 Å². The smallest absolute Gasteiger partial charge is 0.269 e. The van der Waals surface area contributed by atoms with Crippen molar-refractivity contribution < 1.29 is 19.2 Å². The molecule has 35 heavy (non-hydrogen) atoms. The van der Waals surface area contributed by atoms with Gasteiger partial charge in [-0.1, -0.05) is 45.8 Å². The van der Waals surface area contributed by atoms with E-state index < -0.39 is 10.8 Å². The van der Waals surface area contributed by atoms with E-state index in [9.17, 15) is 20.2 Å². The Morgan fingerprint density at radius 1 is 1.17 bits per heavy atom. The van der Waals surface area contributed by atoms with E-state index in [2.05, 4.69) is 21.2 Å². The van der Waals surface area contributed by atoms with Crippen molar-refractivity contribution in [2.45, 2.75) is 20.5 Å². The quantitative estimate of drug-likeness (QED) is 0.161. The van der Waals surface area contributed by atoms with Gasteiger partial charge in [0.15, 0.2) is 11.5 Å². The number of anilines is 1. The van der Waals surface area contributed by atoms with Gasteiger partial charge in [0.1, 0.15) is 18.2 Å². The van der Waals surface area contributed by atoms with E-state index in [4.69, 9.17) is 9.47 Å². The van der Waals surface area contributed by atoms with E-state index in [0.29, 0.717) is 32.8 Å². The van der Waals surface area contributed by atoms with E-state index in [-0.39, 0.29) is 17.9 Å². The molecule has 0 aromatic heterocycles. The van der Waals surface area contributed by atoms with Crippen LogP contribution in [0.15, 0.2) is 64.6 Å². The summed E-state index contributed by atoms with van der Waals surface area (Å²) in [6.45, 7) is 3.93. The normalized spacial score (nSPS) is 10.9. The molecule has 0 unspecified atom stereocenters. The molecule has 8 nitrogen and oxygen atoms in total. The lowest BCUT2D eigenvalue weighted by atomic mass is 10.1. The maximum Gasteiger partial charge on any atom is 0.269 e. The van der Waals surface area contributed by atoms with Gasteiger partial charge in [-0.15, -0.1) is 0 Å². The van der Waals surface area contributed by atoms with Crippen molar-refractivity contribution in [3.05, 3.63) is 97.0 Å². The van der Waals surface area contributed by atoms with Gasteiger partial charge in [-0.25, -0.2) is 0 Å². The summed E-state index contributed by atoms with van der Waals surface area (Å²) in [4.78, 5) is 23.2. The number of hydrogen-bond donors (Lipinski definition) is 1. The monoisotopic (exact) mass is 535 g/mol. The summed E-state index contributed by atoms with van der Waals surface area (Å²) in [5.41, 5.74) is 3.64. The fourth-order valence-corrected chi connectivity index (χ4v) is 3.74. The van der Waals surface area contributed by atoms with Gasteiger partial charge >= 0.3 is 0 Å². The molecule has 0 spiro atoms. The van der Waals surface area contributed by atoms with Crippen LogP contribution in [0, 0.1) is 35.3 Å². The van der Waals surface area contributed by atoms with Crippen LogP contribution in [0.25, 0.3) is 6.08 Å². The van der Waals surface area contributed by atoms with Crippen LogP contribution in [0.3, 0.4) is 0 Å². The zero-order valence-corrected chi connectivity index (χ0v) is 20.9. The Balaban J connectivity index is 1.83. The molecule has 0 bridgehead atoms. The summed E-state index contributed by atoms with van der Waals surface area (Å²) < 4.78 is 11.8. The van der Waals surface area contributed by atoms with Gasteiger partial charge in [-0.05, 0) is 54.8 Å². The molecule has 0 atom stereocenters. The molecule has 0 saturated carbocycles. The Morgan fingerprint density at radius 3 is 2.60 bits per heavy atom. The molecule has 178 valence electrons. The average molecular weight is 536 g/mol. The van der Waals surface area contributed by atoms with Crippen molar-refractivity contribution in [2.24, 2.45) is 0 Å². The number of ether oxygens (including phenoxy) is 2. The Hall–Kier alpha value is -4.16. The first-order chi connectivity index (χ1) is 16.7. The van der Waals surface area contributed by atoms with Gasteiger partial charge in [0, 0.05) is 22.3 Å². The number of hydrogen-bond acceptors (Lipinski definition) is 6. The van der Waals surface area contributed by atoms with Crippen molar-refractivity contribution in [1.29, 1.82) is 5.26 Å². The van der Waals surface area contributed by atoms with Crippen LogP contribution >= 0.6 is 15.9 Å². The molecule has 1 N–H and O–H groups in total. The number of aryl methyl sites for hydroxylation is 2.